The summed E-state index contributed by atoms with van der Waals surface area (Å²) in [5.74, 6) is 0. The first-order chi connectivity index (χ1) is 6.31. The zero-order valence-electron chi connectivity index (χ0n) is 7.98. The molecule has 1 aromatic rings. The molecule has 0 radical (unpaired) electrons. The SMILES string of the molecule is Cn1cncc1CN1CCC1CN. The van der Waals surface area contributed by atoms with Crippen LogP contribution in [0.25, 0.3) is 0 Å². The van der Waals surface area contributed by atoms with E-state index in [1.54, 1.807) is 0 Å². The number of hydrogen-bond donors (Lipinski definition) is 1. The largest absolute Gasteiger partial charge is 0.337 e. The van der Waals surface area contributed by atoms with Crippen molar-refractivity contribution in [2.75, 3.05) is 13.1 Å². The Morgan fingerprint density at radius 1 is 1.69 bits per heavy atom. The van der Waals surface area contributed by atoms with Gasteiger partial charge in [0.2, 0.25) is 0 Å². The Kier molecular flexibility index (Phi) is 2.33. The Labute approximate surface area is 78.4 Å². The molecule has 1 aliphatic rings. The zero-order chi connectivity index (χ0) is 9.26. The molecular weight excluding hydrogens is 164 g/mol. The van der Waals surface area contributed by atoms with Crippen molar-refractivity contribution >= 4 is 0 Å². The van der Waals surface area contributed by atoms with Gasteiger partial charge in [-0.05, 0) is 6.42 Å². The van der Waals surface area contributed by atoms with Gasteiger partial charge >= 0.3 is 0 Å². The molecule has 72 valence electrons. The van der Waals surface area contributed by atoms with Crippen LogP contribution in [-0.2, 0) is 13.6 Å². The molecule has 13 heavy (non-hydrogen) atoms. The van der Waals surface area contributed by atoms with Crippen LogP contribution in [0.15, 0.2) is 12.5 Å². The summed E-state index contributed by atoms with van der Waals surface area (Å²) < 4.78 is 2.06. The van der Waals surface area contributed by atoms with Crippen LogP contribution in [0.2, 0.25) is 0 Å². The van der Waals surface area contributed by atoms with E-state index in [9.17, 15) is 0 Å². The quantitative estimate of drug-likeness (QED) is 0.709. The predicted octanol–water partition coefficient (Wildman–Crippen LogP) is -0.0469. The average Bonchev–Trinajstić information content (AvgIpc) is 2.46. The van der Waals surface area contributed by atoms with Gasteiger partial charge in [0.15, 0.2) is 0 Å². The molecule has 4 heteroatoms. The van der Waals surface area contributed by atoms with E-state index in [2.05, 4.69) is 14.5 Å². The van der Waals surface area contributed by atoms with Crippen LogP contribution in [-0.4, -0.2) is 33.6 Å². The molecule has 2 rings (SSSR count). The van der Waals surface area contributed by atoms with Crippen LogP contribution in [0.4, 0.5) is 0 Å². The molecule has 0 spiro atoms. The van der Waals surface area contributed by atoms with Gasteiger partial charge in [-0.1, -0.05) is 0 Å². The third kappa shape index (κ3) is 1.59. The number of aryl methyl sites for hydroxylation is 1. The average molecular weight is 180 g/mol. The van der Waals surface area contributed by atoms with Gasteiger partial charge in [0.1, 0.15) is 0 Å². The minimum absolute atomic E-state index is 0.592. The molecule has 0 saturated carbocycles. The minimum Gasteiger partial charge on any atom is -0.337 e. The molecule has 0 bridgehead atoms. The summed E-state index contributed by atoms with van der Waals surface area (Å²) in [6, 6.07) is 0.592. The molecule has 1 aliphatic heterocycles. The Bertz CT molecular complexity index is 279. The molecule has 0 amide bonds. The number of nitrogens with two attached hydrogens (primary N) is 1. The lowest BCUT2D eigenvalue weighted by Gasteiger charge is -2.40. The molecular formula is C9H16N4. The van der Waals surface area contributed by atoms with Gasteiger partial charge in [0.05, 0.1) is 12.0 Å². The molecule has 1 unspecified atom stereocenters. The van der Waals surface area contributed by atoms with Crippen molar-refractivity contribution in [3.8, 4) is 0 Å². The van der Waals surface area contributed by atoms with Crippen LogP contribution in [0.5, 0.6) is 0 Å². The van der Waals surface area contributed by atoms with E-state index in [4.69, 9.17) is 5.73 Å². The van der Waals surface area contributed by atoms with Crippen molar-refractivity contribution in [3.05, 3.63) is 18.2 Å². The van der Waals surface area contributed by atoms with E-state index >= 15 is 0 Å². The fourth-order valence-electron chi connectivity index (χ4n) is 1.71. The second-order valence-corrected chi connectivity index (χ2v) is 3.64. The first-order valence-electron chi connectivity index (χ1n) is 4.70. The van der Waals surface area contributed by atoms with Crippen LogP contribution < -0.4 is 5.73 Å². The highest BCUT2D eigenvalue weighted by molar-refractivity contribution is 4.99. The molecule has 4 nitrogen and oxygen atoms in total. The third-order valence-corrected chi connectivity index (χ3v) is 2.82. The number of nitrogens with zero attached hydrogens (tertiary/aromatic N) is 3. The predicted molar refractivity (Wildman–Crippen MR) is 51.1 cm³/mol. The minimum atomic E-state index is 0.592. The summed E-state index contributed by atoms with van der Waals surface area (Å²) in [4.78, 5) is 6.49. The Balaban J connectivity index is 1.95. The van der Waals surface area contributed by atoms with Gasteiger partial charge in [-0.2, -0.15) is 0 Å². The van der Waals surface area contributed by atoms with Crippen molar-refractivity contribution < 1.29 is 0 Å². The normalized spacial score (nSPS) is 23.1. The van der Waals surface area contributed by atoms with E-state index in [1.165, 1.54) is 18.7 Å². The number of likely N-dealkylation sites (tertiary alicyclic amines) is 1. The molecule has 0 aliphatic carbocycles. The maximum absolute atomic E-state index is 5.63. The van der Waals surface area contributed by atoms with Crippen molar-refractivity contribution in [3.63, 3.8) is 0 Å². The zero-order valence-corrected chi connectivity index (χ0v) is 7.98. The van der Waals surface area contributed by atoms with Crippen LogP contribution in [0.3, 0.4) is 0 Å². The monoisotopic (exact) mass is 180 g/mol. The maximum Gasteiger partial charge on any atom is 0.0945 e. The lowest BCUT2D eigenvalue weighted by molar-refractivity contribution is 0.0857. The van der Waals surface area contributed by atoms with Gasteiger partial charge in [-0.3, -0.25) is 4.90 Å². The number of imidazole rings is 1. The highest BCUT2D eigenvalue weighted by Gasteiger charge is 2.26. The second kappa shape index (κ2) is 3.47. The summed E-state index contributed by atoms with van der Waals surface area (Å²) in [7, 11) is 2.03. The maximum atomic E-state index is 5.63. The van der Waals surface area contributed by atoms with E-state index in [-0.39, 0.29) is 0 Å². The highest BCUT2D eigenvalue weighted by Crippen LogP contribution is 2.18. The summed E-state index contributed by atoms with van der Waals surface area (Å²) in [5, 5.41) is 0. The van der Waals surface area contributed by atoms with Gasteiger partial charge in [0.25, 0.3) is 0 Å². The smallest absolute Gasteiger partial charge is 0.0945 e. The van der Waals surface area contributed by atoms with E-state index in [0.717, 1.165) is 13.1 Å². The summed E-state index contributed by atoms with van der Waals surface area (Å²) in [6.07, 6.45) is 5.01. The molecule has 2 N–H and O–H groups in total. The number of rotatable bonds is 3. The van der Waals surface area contributed by atoms with Gasteiger partial charge < -0.3 is 10.3 Å². The van der Waals surface area contributed by atoms with E-state index < -0.39 is 0 Å². The van der Waals surface area contributed by atoms with Crippen molar-refractivity contribution in [2.45, 2.75) is 19.0 Å². The third-order valence-electron chi connectivity index (χ3n) is 2.82. The topological polar surface area (TPSA) is 47.1 Å². The number of hydrogen-bond acceptors (Lipinski definition) is 3. The highest BCUT2D eigenvalue weighted by atomic mass is 15.2. The van der Waals surface area contributed by atoms with Crippen LogP contribution in [0, 0.1) is 0 Å². The Morgan fingerprint density at radius 3 is 3.00 bits per heavy atom. The molecule has 1 atom stereocenters. The number of aromatic nitrogens is 2. The summed E-state index contributed by atoms with van der Waals surface area (Å²) >= 11 is 0. The molecule has 2 heterocycles. The molecule has 0 aromatic carbocycles. The lowest BCUT2D eigenvalue weighted by Crippen LogP contribution is -2.51. The molecule has 1 aromatic heterocycles. The van der Waals surface area contributed by atoms with E-state index in [1.807, 2.05) is 19.6 Å². The first-order valence-corrected chi connectivity index (χ1v) is 4.70. The lowest BCUT2D eigenvalue weighted by atomic mass is 10.0. The fraction of sp³-hybridized carbons (Fsp3) is 0.667. The first kappa shape index (κ1) is 8.72. The van der Waals surface area contributed by atoms with Crippen molar-refractivity contribution in [2.24, 2.45) is 12.8 Å². The van der Waals surface area contributed by atoms with E-state index in [0.29, 0.717) is 6.04 Å². The fourth-order valence-corrected chi connectivity index (χ4v) is 1.71. The van der Waals surface area contributed by atoms with Gasteiger partial charge in [0, 0.05) is 38.9 Å². The second-order valence-electron chi connectivity index (χ2n) is 3.64. The van der Waals surface area contributed by atoms with Gasteiger partial charge in [-0.25, -0.2) is 4.98 Å². The van der Waals surface area contributed by atoms with Crippen LogP contribution >= 0.6 is 0 Å². The summed E-state index contributed by atoms with van der Waals surface area (Å²) in [5.41, 5.74) is 6.89. The van der Waals surface area contributed by atoms with Crippen LogP contribution in [0.1, 0.15) is 12.1 Å². The molecule has 1 fully saturated rings. The van der Waals surface area contributed by atoms with Gasteiger partial charge in [-0.15, -0.1) is 0 Å². The Hall–Kier alpha value is -0.870. The van der Waals surface area contributed by atoms with Crippen molar-refractivity contribution in [1.82, 2.24) is 14.5 Å². The molecule has 1 saturated heterocycles. The Morgan fingerprint density at radius 2 is 2.54 bits per heavy atom. The standard InChI is InChI=1S/C9H16N4/c1-12-7-11-5-9(12)6-13-3-2-8(13)4-10/h5,7-8H,2-4,6,10H2,1H3. The van der Waals surface area contributed by atoms with Crippen molar-refractivity contribution in [1.29, 1.82) is 0 Å². The summed E-state index contributed by atoms with van der Waals surface area (Å²) in [6.45, 7) is 2.93.